The highest BCUT2D eigenvalue weighted by molar-refractivity contribution is 5.99. The molecule has 1 aliphatic carbocycles. The fraction of sp³-hybridized carbons (Fsp3) is 0.348. The second-order valence-electron chi connectivity index (χ2n) is 7.14. The minimum atomic E-state index is 0.157. The zero-order valence-corrected chi connectivity index (χ0v) is 15.9. The fourth-order valence-corrected chi connectivity index (χ4v) is 3.53. The molecule has 0 fully saturated rings. The summed E-state index contributed by atoms with van der Waals surface area (Å²) in [5, 5.41) is 0. The molecular formula is C23H26O3. The van der Waals surface area contributed by atoms with E-state index >= 15 is 0 Å². The van der Waals surface area contributed by atoms with Crippen molar-refractivity contribution in [3.63, 3.8) is 0 Å². The maximum Gasteiger partial charge on any atom is 0.160 e. The highest BCUT2D eigenvalue weighted by atomic mass is 16.5. The van der Waals surface area contributed by atoms with Crippen LogP contribution >= 0.6 is 0 Å². The second kappa shape index (κ2) is 7.77. The summed E-state index contributed by atoms with van der Waals surface area (Å²) in [7, 11) is 3.26. The normalized spacial score (nSPS) is 17.2. The molecule has 0 radical (unpaired) electrons. The minimum Gasteiger partial charge on any atom is -0.493 e. The van der Waals surface area contributed by atoms with Gasteiger partial charge < -0.3 is 9.47 Å². The maximum absolute atomic E-state index is 12.4. The third-order valence-electron chi connectivity index (χ3n) is 5.05. The standard InChI is InChI=1S/C23H26O3/c1-15(2)16-6-5-7-17(10-16)19-11-20(13-21(24)12-19)18-8-9-22(25-3)23(14-18)26-4/h5-10,12,14-15,20H,11,13H2,1-4H3. The van der Waals surface area contributed by atoms with Gasteiger partial charge in [-0.25, -0.2) is 0 Å². The van der Waals surface area contributed by atoms with E-state index in [1.54, 1.807) is 14.2 Å². The summed E-state index contributed by atoms with van der Waals surface area (Å²) >= 11 is 0. The van der Waals surface area contributed by atoms with Crippen molar-refractivity contribution in [3.05, 3.63) is 65.2 Å². The summed E-state index contributed by atoms with van der Waals surface area (Å²) in [6, 6.07) is 14.5. The zero-order chi connectivity index (χ0) is 18.7. The number of hydrogen-bond acceptors (Lipinski definition) is 3. The van der Waals surface area contributed by atoms with Crippen LogP contribution in [0.4, 0.5) is 0 Å². The Morgan fingerprint density at radius 3 is 2.42 bits per heavy atom. The summed E-state index contributed by atoms with van der Waals surface area (Å²) in [5.41, 5.74) is 4.67. The van der Waals surface area contributed by atoms with Crippen molar-refractivity contribution >= 4 is 11.4 Å². The number of carbonyl (C=O) groups is 1. The first-order valence-electron chi connectivity index (χ1n) is 9.07. The van der Waals surface area contributed by atoms with Crippen molar-refractivity contribution in [1.29, 1.82) is 0 Å². The Balaban J connectivity index is 1.90. The van der Waals surface area contributed by atoms with Gasteiger partial charge in [0.1, 0.15) is 0 Å². The van der Waals surface area contributed by atoms with Gasteiger partial charge in [-0.2, -0.15) is 0 Å². The quantitative estimate of drug-likeness (QED) is 0.728. The molecule has 3 rings (SSSR count). The molecule has 0 heterocycles. The van der Waals surface area contributed by atoms with Gasteiger partial charge in [-0.15, -0.1) is 0 Å². The molecule has 0 saturated carbocycles. The molecule has 0 amide bonds. The first-order chi connectivity index (χ1) is 12.5. The molecule has 0 bridgehead atoms. The van der Waals surface area contributed by atoms with Gasteiger partial charge >= 0.3 is 0 Å². The Hall–Kier alpha value is -2.55. The molecule has 0 saturated heterocycles. The molecule has 1 unspecified atom stereocenters. The van der Waals surface area contributed by atoms with E-state index in [9.17, 15) is 4.79 Å². The van der Waals surface area contributed by atoms with Crippen LogP contribution in [0.15, 0.2) is 48.5 Å². The minimum absolute atomic E-state index is 0.157. The van der Waals surface area contributed by atoms with Crippen LogP contribution in [0.25, 0.3) is 5.57 Å². The highest BCUT2D eigenvalue weighted by Crippen LogP contribution is 2.39. The van der Waals surface area contributed by atoms with Gasteiger partial charge in [-0.05, 0) is 58.7 Å². The number of benzene rings is 2. The lowest BCUT2D eigenvalue weighted by Crippen LogP contribution is -2.12. The lowest BCUT2D eigenvalue weighted by Gasteiger charge is -2.24. The van der Waals surface area contributed by atoms with Gasteiger partial charge in [0, 0.05) is 6.42 Å². The number of rotatable bonds is 5. The van der Waals surface area contributed by atoms with Crippen LogP contribution < -0.4 is 9.47 Å². The van der Waals surface area contributed by atoms with E-state index in [4.69, 9.17) is 9.47 Å². The molecular weight excluding hydrogens is 324 g/mol. The number of ether oxygens (including phenoxy) is 2. The SMILES string of the molecule is COc1ccc(C2CC(=O)C=C(c3cccc(C(C)C)c3)C2)cc1OC. The van der Waals surface area contributed by atoms with Crippen LogP contribution in [0.5, 0.6) is 11.5 Å². The molecule has 136 valence electrons. The average Bonchev–Trinajstić information content (AvgIpc) is 2.67. The van der Waals surface area contributed by atoms with E-state index in [1.165, 1.54) is 5.56 Å². The number of methoxy groups -OCH3 is 2. The van der Waals surface area contributed by atoms with Gasteiger partial charge in [0.15, 0.2) is 17.3 Å². The Kier molecular flexibility index (Phi) is 5.46. The van der Waals surface area contributed by atoms with E-state index in [0.717, 1.165) is 23.1 Å². The summed E-state index contributed by atoms with van der Waals surface area (Å²) < 4.78 is 10.7. The van der Waals surface area contributed by atoms with Crippen molar-refractivity contribution in [2.75, 3.05) is 14.2 Å². The monoisotopic (exact) mass is 350 g/mol. The van der Waals surface area contributed by atoms with Gasteiger partial charge in [0.05, 0.1) is 14.2 Å². The first kappa shape index (κ1) is 18.2. The van der Waals surface area contributed by atoms with Crippen LogP contribution in [-0.2, 0) is 4.79 Å². The predicted molar refractivity (Wildman–Crippen MR) is 105 cm³/mol. The van der Waals surface area contributed by atoms with Crippen molar-refractivity contribution in [2.45, 2.75) is 38.5 Å². The first-order valence-corrected chi connectivity index (χ1v) is 9.07. The average molecular weight is 350 g/mol. The molecule has 0 spiro atoms. The lowest BCUT2D eigenvalue weighted by molar-refractivity contribution is -0.115. The molecule has 0 aliphatic heterocycles. The largest absolute Gasteiger partial charge is 0.493 e. The molecule has 0 aromatic heterocycles. The van der Waals surface area contributed by atoms with Crippen LogP contribution in [0.2, 0.25) is 0 Å². The van der Waals surface area contributed by atoms with Crippen LogP contribution in [0, 0.1) is 0 Å². The van der Waals surface area contributed by atoms with Crippen LogP contribution in [0.3, 0.4) is 0 Å². The molecule has 26 heavy (non-hydrogen) atoms. The highest BCUT2D eigenvalue weighted by Gasteiger charge is 2.24. The van der Waals surface area contributed by atoms with Crippen molar-refractivity contribution in [2.24, 2.45) is 0 Å². The van der Waals surface area contributed by atoms with Gasteiger partial charge in [-0.3, -0.25) is 4.79 Å². The van der Waals surface area contributed by atoms with E-state index in [-0.39, 0.29) is 11.7 Å². The fourth-order valence-electron chi connectivity index (χ4n) is 3.53. The molecule has 2 aromatic rings. The number of allylic oxidation sites excluding steroid dienone is 2. The van der Waals surface area contributed by atoms with Crippen molar-refractivity contribution in [3.8, 4) is 11.5 Å². The molecule has 3 nitrogen and oxygen atoms in total. The molecule has 1 aliphatic rings. The number of hydrogen-bond donors (Lipinski definition) is 0. The summed E-state index contributed by atoms with van der Waals surface area (Å²) in [6.45, 7) is 4.37. The third-order valence-corrected chi connectivity index (χ3v) is 5.05. The van der Waals surface area contributed by atoms with E-state index in [0.29, 0.717) is 23.8 Å². The zero-order valence-electron chi connectivity index (χ0n) is 15.9. The van der Waals surface area contributed by atoms with Crippen molar-refractivity contribution in [1.82, 2.24) is 0 Å². The summed E-state index contributed by atoms with van der Waals surface area (Å²) in [5.74, 6) is 2.22. The molecule has 3 heteroatoms. The smallest absolute Gasteiger partial charge is 0.160 e. The Bertz CT molecular complexity index is 833. The lowest BCUT2D eigenvalue weighted by atomic mass is 9.80. The summed E-state index contributed by atoms with van der Waals surface area (Å²) in [6.07, 6.45) is 3.20. The third kappa shape index (κ3) is 3.82. The van der Waals surface area contributed by atoms with E-state index < -0.39 is 0 Å². The Labute approximate surface area is 155 Å². The number of carbonyl (C=O) groups excluding carboxylic acids is 1. The van der Waals surface area contributed by atoms with Gasteiger partial charge in [-0.1, -0.05) is 44.2 Å². The van der Waals surface area contributed by atoms with Crippen LogP contribution in [0.1, 0.15) is 55.2 Å². The van der Waals surface area contributed by atoms with Gasteiger partial charge in [0.25, 0.3) is 0 Å². The molecule has 0 N–H and O–H groups in total. The topological polar surface area (TPSA) is 35.5 Å². The Morgan fingerprint density at radius 2 is 1.73 bits per heavy atom. The van der Waals surface area contributed by atoms with E-state index in [1.807, 2.05) is 24.3 Å². The summed E-state index contributed by atoms with van der Waals surface area (Å²) in [4.78, 5) is 12.4. The van der Waals surface area contributed by atoms with E-state index in [2.05, 4.69) is 38.1 Å². The predicted octanol–water partition coefficient (Wildman–Crippen LogP) is 5.36. The van der Waals surface area contributed by atoms with Gasteiger partial charge in [0.2, 0.25) is 0 Å². The van der Waals surface area contributed by atoms with Crippen LogP contribution in [-0.4, -0.2) is 20.0 Å². The Morgan fingerprint density at radius 1 is 0.962 bits per heavy atom. The van der Waals surface area contributed by atoms with Crippen molar-refractivity contribution < 1.29 is 14.3 Å². The second-order valence-corrected chi connectivity index (χ2v) is 7.14. The molecule has 1 atom stereocenters. The number of ketones is 1. The maximum atomic E-state index is 12.4. The molecule has 2 aromatic carbocycles.